The zero-order valence-corrected chi connectivity index (χ0v) is 10.7. The molecule has 3 nitrogen and oxygen atoms in total. The Morgan fingerprint density at radius 1 is 1.47 bits per heavy atom. The topological polar surface area (TPSA) is 41.1 Å². The predicted octanol–water partition coefficient (Wildman–Crippen LogP) is 1.24. The molecular weight excluding hydrogens is 208 g/mol. The SMILES string of the molecule is CSC1(CNCC(=O)NCC(C)C)CC1. The highest BCUT2D eigenvalue weighted by Gasteiger charge is 2.41. The van der Waals surface area contributed by atoms with E-state index in [4.69, 9.17) is 0 Å². The summed E-state index contributed by atoms with van der Waals surface area (Å²) in [5, 5.41) is 6.13. The molecule has 1 rings (SSSR count). The molecule has 0 aliphatic heterocycles. The first-order valence-electron chi connectivity index (χ1n) is 5.60. The third kappa shape index (κ3) is 4.89. The number of rotatable bonds is 7. The average Bonchev–Trinajstić information content (AvgIpc) is 2.96. The summed E-state index contributed by atoms with van der Waals surface area (Å²) in [6.45, 7) is 6.38. The average molecular weight is 230 g/mol. The van der Waals surface area contributed by atoms with Crippen LogP contribution in [0.15, 0.2) is 0 Å². The van der Waals surface area contributed by atoms with Crippen LogP contribution in [0, 0.1) is 5.92 Å². The number of hydrogen-bond acceptors (Lipinski definition) is 3. The number of amides is 1. The van der Waals surface area contributed by atoms with Crippen LogP contribution < -0.4 is 10.6 Å². The summed E-state index contributed by atoms with van der Waals surface area (Å²) in [6, 6.07) is 0. The summed E-state index contributed by atoms with van der Waals surface area (Å²) in [6.07, 6.45) is 4.72. The van der Waals surface area contributed by atoms with Gasteiger partial charge in [-0.2, -0.15) is 11.8 Å². The van der Waals surface area contributed by atoms with Crippen molar-refractivity contribution in [3.05, 3.63) is 0 Å². The molecule has 0 atom stereocenters. The Morgan fingerprint density at radius 3 is 2.60 bits per heavy atom. The molecule has 1 saturated carbocycles. The van der Waals surface area contributed by atoms with Crippen molar-refractivity contribution < 1.29 is 4.79 Å². The first kappa shape index (κ1) is 12.8. The summed E-state index contributed by atoms with van der Waals surface area (Å²) in [5.74, 6) is 0.635. The third-order valence-electron chi connectivity index (χ3n) is 2.68. The highest BCUT2D eigenvalue weighted by Crippen LogP contribution is 2.46. The van der Waals surface area contributed by atoms with E-state index in [-0.39, 0.29) is 5.91 Å². The van der Waals surface area contributed by atoms with Gasteiger partial charge in [0.1, 0.15) is 0 Å². The van der Waals surface area contributed by atoms with Crippen LogP contribution in [-0.4, -0.2) is 36.5 Å². The Labute approximate surface area is 96.8 Å². The van der Waals surface area contributed by atoms with E-state index in [1.54, 1.807) is 0 Å². The second kappa shape index (κ2) is 5.75. The van der Waals surface area contributed by atoms with E-state index < -0.39 is 0 Å². The molecule has 0 bridgehead atoms. The number of nitrogens with one attached hydrogen (secondary N) is 2. The second-order valence-corrected chi connectivity index (χ2v) is 5.96. The maximum absolute atomic E-state index is 11.4. The fourth-order valence-electron chi connectivity index (χ4n) is 1.38. The first-order valence-corrected chi connectivity index (χ1v) is 6.83. The molecule has 2 N–H and O–H groups in total. The van der Waals surface area contributed by atoms with Crippen LogP contribution in [-0.2, 0) is 4.79 Å². The molecule has 4 heteroatoms. The molecule has 1 aliphatic rings. The molecule has 0 heterocycles. The third-order valence-corrected chi connectivity index (χ3v) is 4.10. The molecule has 1 amide bonds. The molecule has 0 saturated heterocycles. The van der Waals surface area contributed by atoms with Crippen LogP contribution in [0.5, 0.6) is 0 Å². The van der Waals surface area contributed by atoms with E-state index in [9.17, 15) is 4.79 Å². The molecule has 0 spiro atoms. The van der Waals surface area contributed by atoms with Gasteiger partial charge in [-0.15, -0.1) is 0 Å². The Morgan fingerprint density at radius 2 is 2.13 bits per heavy atom. The molecule has 0 radical (unpaired) electrons. The first-order chi connectivity index (χ1) is 7.08. The van der Waals surface area contributed by atoms with E-state index in [0.717, 1.165) is 13.1 Å². The van der Waals surface area contributed by atoms with Gasteiger partial charge in [0.05, 0.1) is 6.54 Å². The molecule has 0 aromatic heterocycles. The summed E-state index contributed by atoms with van der Waals surface area (Å²) in [7, 11) is 0. The van der Waals surface area contributed by atoms with Gasteiger partial charge >= 0.3 is 0 Å². The fourth-order valence-corrected chi connectivity index (χ4v) is 2.13. The van der Waals surface area contributed by atoms with E-state index in [1.807, 2.05) is 11.8 Å². The van der Waals surface area contributed by atoms with Crippen molar-refractivity contribution in [1.82, 2.24) is 10.6 Å². The maximum atomic E-state index is 11.4. The second-order valence-electron chi connectivity index (χ2n) is 4.69. The van der Waals surface area contributed by atoms with Crippen molar-refractivity contribution in [2.24, 2.45) is 5.92 Å². The lowest BCUT2D eigenvalue weighted by Crippen LogP contribution is -2.38. The smallest absolute Gasteiger partial charge is 0.233 e. The molecule has 1 aliphatic carbocycles. The molecule has 0 aromatic rings. The minimum absolute atomic E-state index is 0.112. The summed E-state index contributed by atoms with van der Waals surface area (Å²) >= 11 is 1.91. The molecule has 0 aromatic carbocycles. The Balaban J connectivity index is 2.02. The van der Waals surface area contributed by atoms with Crippen LogP contribution in [0.25, 0.3) is 0 Å². The van der Waals surface area contributed by atoms with Crippen LogP contribution in [0.1, 0.15) is 26.7 Å². The van der Waals surface area contributed by atoms with E-state index in [1.165, 1.54) is 12.8 Å². The fraction of sp³-hybridized carbons (Fsp3) is 0.909. The maximum Gasteiger partial charge on any atom is 0.233 e. The quantitative estimate of drug-likeness (QED) is 0.691. The van der Waals surface area contributed by atoms with Crippen molar-refractivity contribution in [3.8, 4) is 0 Å². The van der Waals surface area contributed by atoms with Gasteiger partial charge in [-0.05, 0) is 25.0 Å². The minimum Gasteiger partial charge on any atom is -0.355 e. The van der Waals surface area contributed by atoms with Gasteiger partial charge < -0.3 is 10.6 Å². The minimum atomic E-state index is 0.112. The van der Waals surface area contributed by atoms with Gasteiger partial charge in [0, 0.05) is 17.8 Å². The van der Waals surface area contributed by atoms with Gasteiger partial charge in [-0.1, -0.05) is 13.8 Å². The van der Waals surface area contributed by atoms with Gasteiger partial charge in [0.25, 0.3) is 0 Å². The van der Waals surface area contributed by atoms with Gasteiger partial charge in [0.15, 0.2) is 0 Å². The van der Waals surface area contributed by atoms with Crippen molar-refractivity contribution in [2.45, 2.75) is 31.4 Å². The van der Waals surface area contributed by atoms with E-state index in [2.05, 4.69) is 30.7 Å². The highest BCUT2D eigenvalue weighted by atomic mass is 32.2. The number of carbonyl (C=O) groups is 1. The van der Waals surface area contributed by atoms with Gasteiger partial charge in [0.2, 0.25) is 5.91 Å². The van der Waals surface area contributed by atoms with E-state index >= 15 is 0 Å². The molecule has 88 valence electrons. The highest BCUT2D eigenvalue weighted by molar-refractivity contribution is 8.00. The number of hydrogen-bond donors (Lipinski definition) is 2. The molecule has 15 heavy (non-hydrogen) atoms. The number of thioether (sulfide) groups is 1. The predicted molar refractivity (Wildman–Crippen MR) is 66.2 cm³/mol. The lowest BCUT2D eigenvalue weighted by Gasteiger charge is -2.13. The number of carbonyl (C=O) groups excluding carboxylic acids is 1. The van der Waals surface area contributed by atoms with Crippen LogP contribution in [0.3, 0.4) is 0 Å². The zero-order valence-electron chi connectivity index (χ0n) is 9.93. The summed E-state index contributed by atoms with van der Waals surface area (Å²) < 4.78 is 0.443. The largest absolute Gasteiger partial charge is 0.355 e. The molecule has 1 fully saturated rings. The van der Waals surface area contributed by atoms with Crippen LogP contribution in [0.4, 0.5) is 0 Å². The summed E-state index contributed by atoms with van der Waals surface area (Å²) in [5.41, 5.74) is 0. The van der Waals surface area contributed by atoms with Crippen molar-refractivity contribution >= 4 is 17.7 Å². The molecular formula is C11H22N2OS. The Hall–Kier alpha value is -0.220. The standard InChI is InChI=1S/C11H22N2OS/c1-9(2)6-13-10(14)7-12-8-11(15-3)4-5-11/h9,12H,4-8H2,1-3H3,(H,13,14). The van der Waals surface area contributed by atoms with E-state index in [0.29, 0.717) is 17.2 Å². The Kier molecular flexibility index (Phi) is 4.93. The van der Waals surface area contributed by atoms with Crippen LogP contribution >= 0.6 is 11.8 Å². The van der Waals surface area contributed by atoms with Crippen molar-refractivity contribution in [3.63, 3.8) is 0 Å². The lowest BCUT2D eigenvalue weighted by atomic mass is 10.2. The van der Waals surface area contributed by atoms with Crippen molar-refractivity contribution in [2.75, 3.05) is 25.9 Å². The van der Waals surface area contributed by atoms with Crippen LogP contribution in [0.2, 0.25) is 0 Å². The summed E-state index contributed by atoms with van der Waals surface area (Å²) in [4.78, 5) is 11.4. The zero-order chi connectivity index (χ0) is 11.3. The van der Waals surface area contributed by atoms with Crippen molar-refractivity contribution in [1.29, 1.82) is 0 Å². The lowest BCUT2D eigenvalue weighted by molar-refractivity contribution is -0.120. The monoisotopic (exact) mass is 230 g/mol. The van der Waals surface area contributed by atoms with Gasteiger partial charge in [-0.25, -0.2) is 0 Å². The normalized spacial score (nSPS) is 17.9. The molecule has 0 unspecified atom stereocenters. The Bertz CT molecular complexity index is 215. The van der Waals surface area contributed by atoms with Gasteiger partial charge in [-0.3, -0.25) is 4.79 Å².